The fourth-order valence-corrected chi connectivity index (χ4v) is 4.08. The molecule has 0 radical (unpaired) electrons. The molecule has 152 valence electrons. The molecule has 30 heavy (non-hydrogen) atoms. The lowest BCUT2D eigenvalue weighted by Crippen LogP contribution is -2.28. The highest BCUT2D eigenvalue weighted by molar-refractivity contribution is 6.08. The first kappa shape index (κ1) is 18.4. The third-order valence-electron chi connectivity index (χ3n) is 5.67. The van der Waals surface area contributed by atoms with Gasteiger partial charge in [0.1, 0.15) is 5.82 Å². The number of carbonyl (C=O) groups is 2. The van der Waals surface area contributed by atoms with Crippen LogP contribution in [0.25, 0.3) is 5.69 Å². The molecule has 0 spiro atoms. The summed E-state index contributed by atoms with van der Waals surface area (Å²) in [5.41, 5.74) is 4.04. The standard InChI is InChI=1S/C23H21N3O4/c1-3-14-4-7-16(8-5-14)26-23-21(13(2)25-26)17(11-20(27)24-23)22(28)15-6-9-18-19(10-15)30-12-29-18/h4-10,17H,3,11-12H2,1-2H3,(H,24,27)/t17-/m1/s1. The van der Waals surface area contributed by atoms with Gasteiger partial charge in [-0.05, 0) is 49.2 Å². The number of carbonyl (C=O) groups excluding carboxylic acids is 2. The highest BCUT2D eigenvalue weighted by Gasteiger charge is 2.36. The number of fused-ring (bicyclic) bond motifs is 2. The minimum atomic E-state index is -0.599. The van der Waals surface area contributed by atoms with Gasteiger partial charge in [-0.1, -0.05) is 19.1 Å². The Bertz CT molecular complexity index is 1160. The van der Waals surface area contributed by atoms with Gasteiger partial charge in [0.05, 0.1) is 17.3 Å². The van der Waals surface area contributed by atoms with Crippen LogP contribution in [0, 0.1) is 6.92 Å². The second kappa shape index (κ2) is 7.02. The lowest BCUT2D eigenvalue weighted by molar-refractivity contribution is -0.116. The van der Waals surface area contributed by atoms with Gasteiger partial charge < -0.3 is 14.8 Å². The molecule has 1 amide bonds. The molecule has 0 unspecified atom stereocenters. The molecule has 1 N–H and O–H groups in total. The van der Waals surface area contributed by atoms with Crippen LogP contribution >= 0.6 is 0 Å². The zero-order chi connectivity index (χ0) is 20.8. The largest absolute Gasteiger partial charge is 0.454 e. The van der Waals surface area contributed by atoms with E-state index in [-0.39, 0.29) is 24.9 Å². The van der Waals surface area contributed by atoms with Crippen molar-refractivity contribution in [2.24, 2.45) is 0 Å². The summed E-state index contributed by atoms with van der Waals surface area (Å²) >= 11 is 0. The van der Waals surface area contributed by atoms with Gasteiger partial charge >= 0.3 is 0 Å². The maximum Gasteiger partial charge on any atom is 0.231 e. The van der Waals surface area contributed by atoms with Gasteiger partial charge in [-0.25, -0.2) is 4.68 Å². The molecule has 2 aliphatic heterocycles. The Hall–Kier alpha value is -3.61. The summed E-state index contributed by atoms with van der Waals surface area (Å²) in [6.45, 7) is 4.11. The third-order valence-corrected chi connectivity index (χ3v) is 5.67. The van der Waals surface area contributed by atoms with Crippen LogP contribution in [0.2, 0.25) is 0 Å². The molecule has 3 aromatic rings. The number of Topliss-reactive ketones (excluding diaryl/α,β-unsaturated/α-hetero) is 1. The molecule has 0 fully saturated rings. The summed E-state index contributed by atoms with van der Waals surface area (Å²) in [6, 6.07) is 13.1. The molecule has 5 rings (SSSR count). The molecular formula is C23H21N3O4. The number of hydrogen-bond donors (Lipinski definition) is 1. The summed E-state index contributed by atoms with van der Waals surface area (Å²) in [6.07, 6.45) is 1.03. The molecule has 7 heteroatoms. The predicted octanol–water partition coefficient (Wildman–Crippen LogP) is 3.78. The van der Waals surface area contributed by atoms with Crippen molar-refractivity contribution in [2.45, 2.75) is 32.6 Å². The average molecular weight is 403 g/mol. The Kier molecular flexibility index (Phi) is 4.31. The first-order valence-corrected chi connectivity index (χ1v) is 9.97. The highest BCUT2D eigenvalue weighted by atomic mass is 16.7. The van der Waals surface area contributed by atoms with Gasteiger partial charge in [0.15, 0.2) is 17.3 Å². The van der Waals surface area contributed by atoms with Crippen molar-refractivity contribution < 1.29 is 19.1 Å². The van der Waals surface area contributed by atoms with Crippen LogP contribution in [0.1, 0.15) is 46.4 Å². The lowest BCUT2D eigenvalue weighted by atomic mass is 9.85. The summed E-state index contributed by atoms with van der Waals surface area (Å²) in [5.74, 6) is 0.795. The van der Waals surface area contributed by atoms with E-state index in [1.165, 1.54) is 5.56 Å². The van der Waals surface area contributed by atoms with E-state index in [1.54, 1.807) is 22.9 Å². The summed E-state index contributed by atoms with van der Waals surface area (Å²) in [7, 11) is 0. The quantitative estimate of drug-likeness (QED) is 0.671. The van der Waals surface area contributed by atoms with E-state index in [2.05, 4.69) is 17.3 Å². The first-order chi connectivity index (χ1) is 14.5. The maximum absolute atomic E-state index is 13.4. The SMILES string of the molecule is CCc1ccc(-n2nc(C)c3c2NC(=O)C[C@H]3C(=O)c2ccc3c(c2)OCO3)cc1. The average Bonchev–Trinajstić information content (AvgIpc) is 3.36. The molecule has 7 nitrogen and oxygen atoms in total. The lowest BCUT2D eigenvalue weighted by Gasteiger charge is -2.23. The van der Waals surface area contributed by atoms with Gasteiger partial charge in [-0.15, -0.1) is 0 Å². The van der Waals surface area contributed by atoms with Crippen LogP contribution < -0.4 is 14.8 Å². The monoisotopic (exact) mass is 403 g/mol. The summed E-state index contributed by atoms with van der Waals surface area (Å²) in [5, 5.41) is 7.56. The van der Waals surface area contributed by atoms with Gasteiger partial charge in [0.2, 0.25) is 12.7 Å². The number of nitrogens with one attached hydrogen (secondary N) is 1. The molecule has 1 aromatic heterocycles. The van der Waals surface area contributed by atoms with E-state index < -0.39 is 5.92 Å². The molecule has 2 aliphatic rings. The van der Waals surface area contributed by atoms with Crippen LogP contribution in [0.3, 0.4) is 0 Å². The van der Waals surface area contributed by atoms with E-state index >= 15 is 0 Å². The highest BCUT2D eigenvalue weighted by Crippen LogP contribution is 2.40. The number of hydrogen-bond acceptors (Lipinski definition) is 5. The Morgan fingerprint density at radius 3 is 2.70 bits per heavy atom. The number of aromatic nitrogens is 2. The van der Waals surface area contributed by atoms with Crippen LogP contribution in [0.5, 0.6) is 11.5 Å². The van der Waals surface area contributed by atoms with Crippen molar-refractivity contribution in [1.82, 2.24) is 9.78 Å². The molecule has 2 aromatic carbocycles. The van der Waals surface area contributed by atoms with Crippen molar-refractivity contribution in [2.75, 3.05) is 12.1 Å². The number of ether oxygens (including phenoxy) is 2. The number of anilines is 1. The van der Waals surface area contributed by atoms with Crippen LogP contribution in [-0.2, 0) is 11.2 Å². The second-order valence-corrected chi connectivity index (χ2v) is 7.52. The number of nitrogens with zero attached hydrogens (tertiary/aromatic N) is 2. The fraction of sp³-hybridized carbons (Fsp3) is 0.261. The van der Waals surface area contributed by atoms with E-state index in [1.807, 2.05) is 31.2 Å². The Balaban J connectivity index is 1.56. The molecule has 0 bridgehead atoms. The van der Waals surface area contributed by atoms with Crippen molar-refractivity contribution in [3.8, 4) is 17.2 Å². The van der Waals surface area contributed by atoms with E-state index in [4.69, 9.17) is 9.47 Å². The summed E-state index contributed by atoms with van der Waals surface area (Å²) in [4.78, 5) is 25.9. The smallest absolute Gasteiger partial charge is 0.231 e. The third kappa shape index (κ3) is 2.94. The van der Waals surface area contributed by atoms with Crippen LogP contribution in [0.4, 0.5) is 5.82 Å². The minimum Gasteiger partial charge on any atom is -0.454 e. The van der Waals surface area contributed by atoms with Gasteiger partial charge in [0.25, 0.3) is 0 Å². The Morgan fingerprint density at radius 2 is 1.93 bits per heavy atom. The minimum absolute atomic E-state index is 0.0849. The molecule has 0 saturated carbocycles. The number of aryl methyl sites for hydroxylation is 2. The molecule has 0 saturated heterocycles. The van der Waals surface area contributed by atoms with Crippen molar-refractivity contribution in [3.63, 3.8) is 0 Å². The number of amides is 1. The first-order valence-electron chi connectivity index (χ1n) is 9.97. The van der Waals surface area contributed by atoms with Gasteiger partial charge in [-0.3, -0.25) is 9.59 Å². The predicted molar refractivity (Wildman–Crippen MR) is 111 cm³/mol. The zero-order valence-corrected chi connectivity index (χ0v) is 16.8. The number of rotatable bonds is 4. The molecule has 3 heterocycles. The summed E-state index contributed by atoms with van der Waals surface area (Å²) < 4.78 is 12.4. The van der Waals surface area contributed by atoms with Crippen LogP contribution in [-0.4, -0.2) is 28.3 Å². The van der Waals surface area contributed by atoms with Crippen molar-refractivity contribution >= 4 is 17.5 Å². The molecule has 0 aliphatic carbocycles. The maximum atomic E-state index is 13.4. The van der Waals surface area contributed by atoms with Crippen molar-refractivity contribution in [3.05, 3.63) is 64.8 Å². The topological polar surface area (TPSA) is 82.5 Å². The number of benzene rings is 2. The van der Waals surface area contributed by atoms with Crippen LogP contribution in [0.15, 0.2) is 42.5 Å². The zero-order valence-electron chi connectivity index (χ0n) is 16.8. The van der Waals surface area contributed by atoms with E-state index in [0.29, 0.717) is 22.9 Å². The molecule has 1 atom stereocenters. The Labute approximate surface area is 173 Å². The fourth-order valence-electron chi connectivity index (χ4n) is 4.08. The van der Waals surface area contributed by atoms with Gasteiger partial charge in [0, 0.05) is 17.5 Å². The normalized spacial score (nSPS) is 16.9. The number of ketones is 1. The van der Waals surface area contributed by atoms with Gasteiger partial charge in [-0.2, -0.15) is 5.10 Å². The Morgan fingerprint density at radius 1 is 1.17 bits per heavy atom. The van der Waals surface area contributed by atoms with E-state index in [9.17, 15) is 9.59 Å². The van der Waals surface area contributed by atoms with E-state index in [0.717, 1.165) is 23.4 Å². The molecular weight excluding hydrogens is 382 g/mol. The second-order valence-electron chi connectivity index (χ2n) is 7.52. The van der Waals surface area contributed by atoms with Crippen molar-refractivity contribution in [1.29, 1.82) is 0 Å².